The minimum absolute atomic E-state index is 0.0678. The summed E-state index contributed by atoms with van der Waals surface area (Å²) in [4.78, 5) is 38.0. The third-order valence-corrected chi connectivity index (χ3v) is 12.5. The zero-order chi connectivity index (χ0) is 45.1. The molecule has 0 aromatic heterocycles. The number of allylic oxidation sites excluding steroid dienone is 2. The summed E-state index contributed by atoms with van der Waals surface area (Å²) in [7, 11) is 0. The lowest BCUT2D eigenvalue weighted by Gasteiger charge is -2.18. The van der Waals surface area contributed by atoms with E-state index in [1.165, 1.54) is 205 Å². The molecule has 6 nitrogen and oxygen atoms in total. The van der Waals surface area contributed by atoms with Crippen molar-refractivity contribution in [3.8, 4) is 0 Å². The van der Waals surface area contributed by atoms with Gasteiger partial charge in [-0.2, -0.15) is 0 Å². The topological polar surface area (TPSA) is 78.9 Å². The quantitative estimate of drug-likeness (QED) is 0.0262. The minimum atomic E-state index is -0.767. The maximum atomic E-state index is 12.8. The second-order valence-electron chi connectivity index (χ2n) is 18.9. The van der Waals surface area contributed by atoms with E-state index in [1.807, 2.05) is 0 Å². The molecule has 0 N–H and O–H groups in total. The van der Waals surface area contributed by atoms with Gasteiger partial charge in [0.2, 0.25) is 0 Å². The summed E-state index contributed by atoms with van der Waals surface area (Å²) in [5.41, 5.74) is 0. The zero-order valence-electron chi connectivity index (χ0n) is 41.9. The lowest BCUT2D eigenvalue weighted by molar-refractivity contribution is -0.167. The van der Waals surface area contributed by atoms with Crippen molar-refractivity contribution in [3.05, 3.63) is 12.2 Å². The molecule has 0 radical (unpaired) electrons. The van der Waals surface area contributed by atoms with E-state index in [9.17, 15) is 14.4 Å². The predicted octanol–water partition coefficient (Wildman–Crippen LogP) is 18.2. The molecule has 0 bridgehead atoms. The van der Waals surface area contributed by atoms with Crippen LogP contribution in [0.5, 0.6) is 0 Å². The maximum Gasteiger partial charge on any atom is 0.306 e. The molecule has 0 saturated heterocycles. The Morgan fingerprint density at radius 1 is 0.306 bits per heavy atom. The monoisotopic (exact) mass is 875 g/mol. The van der Waals surface area contributed by atoms with Crippen molar-refractivity contribution in [3.63, 3.8) is 0 Å². The molecule has 6 heteroatoms. The van der Waals surface area contributed by atoms with E-state index >= 15 is 0 Å². The number of esters is 3. The van der Waals surface area contributed by atoms with E-state index in [1.54, 1.807) is 0 Å². The molecule has 0 aliphatic rings. The van der Waals surface area contributed by atoms with Crippen molar-refractivity contribution in [2.45, 2.75) is 316 Å². The molecule has 0 saturated carbocycles. The van der Waals surface area contributed by atoms with Gasteiger partial charge < -0.3 is 14.2 Å². The van der Waals surface area contributed by atoms with Gasteiger partial charge in [-0.1, -0.05) is 258 Å². The number of hydrogen-bond acceptors (Lipinski definition) is 6. The van der Waals surface area contributed by atoms with Gasteiger partial charge in [0.15, 0.2) is 6.10 Å². The molecule has 0 aromatic rings. The van der Waals surface area contributed by atoms with Gasteiger partial charge in [0.25, 0.3) is 0 Å². The smallest absolute Gasteiger partial charge is 0.306 e. The minimum Gasteiger partial charge on any atom is -0.462 e. The Hall–Kier alpha value is -1.85. The fourth-order valence-corrected chi connectivity index (χ4v) is 8.32. The Morgan fingerprint density at radius 3 is 0.806 bits per heavy atom. The van der Waals surface area contributed by atoms with Crippen molar-refractivity contribution < 1.29 is 28.6 Å². The molecule has 0 heterocycles. The number of unbranched alkanes of at least 4 members (excludes halogenated alkanes) is 38. The van der Waals surface area contributed by atoms with E-state index in [-0.39, 0.29) is 31.1 Å². The summed E-state index contributed by atoms with van der Waals surface area (Å²) in [5, 5.41) is 0. The first kappa shape index (κ1) is 60.2. The van der Waals surface area contributed by atoms with Crippen LogP contribution in [0.15, 0.2) is 12.2 Å². The second-order valence-corrected chi connectivity index (χ2v) is 18.9. The maximum absolute atomic E-state index is 12.8. The summed E-state index contributed by atoms with van der Waals surface area (Å²) < 4.78 is 16.8. The van der Waals surface area contributed by atoms with Crippen molar-refractivity contribution in [2.24, 2.45) is 0 Å². The summed E-state index contributed by atoms with van der Waals surface area (Å²) >= 11 is 0. The highest BCUT2D eigenvalue weighted by Gasteiger charge is 2.19. The van der Waals surface area contributed by atoms with E-state index in [2.05, 4.69) is 32.9 Å². The number of ether oxygens (including phenoxy) is 3. The van der Waals surface area contributed by atoms with Crippen molar-refractivity contribution in [1.29, 1.82) is 0 Å². The SMILES string of the molecule is CCCCCCCCC/C=C\CCCCCCCC(=O)OC(COC(=O)CCCCCCCCCCCC)COC(=O)CCCCCCCCCCCCCCCCCCCC. The average molecular weight is 875 g/mol. The molecule has 366 valence electrons. The molecule has 1 atom stereocenters. The van der Waals surface area contributed by atoms with Gasteiger partial charge in [-0.05, 0) is 44.9 Å². The molecule has 0 aliphatic heterocycles. The third-order valence-electron chi connectivity index (χ3n) is 12.5. The molecule has 1 unspecified atom stereocenters. The third kappa shape index (κ3) is 49.2. The van der Waals surface area contributed by atoms with E-state index in [0.29, 0.717) is 19.3 Å². The van der Waals surface area contributed by atoms with Crippen LogP contribution < -0.4 is 0 Å². The molecule has 0 spiro atoms. The highest BCUT2D eigenvalue weighted by molar-refractivity contribution is 5.71. The Labute approximate surface area is 386 Å². The Morgan fingerprint density at radius 2 is 0.532 bits per heavy atom. The molecule has 62 heavy (non-hydrogen) atoms. The van der Waals surface area contributed by atoms with Crippen LogP contribution in [0.3, 0.4) is 0 Å². The highest BCUT2D eigenvalue weighted by atomic mass is 16.6. The van der Waals surface area contributed by atoms with Gasteiger partial charge >= 0.3 is 17.9 Å². The van der Waals surface area contributed by atoms with E-state index in [4.69, 9.17) is 14.2 Å². The van der Waals surface area contributed by atoms with Crippen molar-refractivity contribution in [1.82, 2.24) is 0 Å². The van der Waals surface area contributed by atoms with Crippen LogP contribution >= 0.6 is 0 Å². The first-order chi connectivity index (χ1) is 30.5. The molecule has 0 fully saturated rings. The van der Waals surface area contributed by atoms with Gasteiger partial charge in [0.05, 0.1) is 0 Å². The van der Waals surface area contributed by atoms with Crippen LogP contribution in [-0.2, 0) is 28.6 Å². The van der Waals surface area contributed by atoms with E-state index < -0.39 is 6.10 Å². The van der Waals surface area contributed by atoms with Gasteiger partial charge in [-0.25, -0.2) is 0 Å². The van der Waals surface area contributed by atoms with Crippen LogP contribution in [-0.4, -0.2) is 37.2 Å². The summed E-state index contributed by atoms with van der Waals surface area (Å²) in [6, 6.07) is 0. The standard InChI is InChI=1S/C56H106O6/c1-4-7-10-13-16-19-22-24-26-28-29-31-32-34-37-40-43-46-49-55(58)61-52-53(51-60-54(57)48-45-42-39-36-21-18-15-12-9-6-3)62-56(59)50-47-44-41-38-35-33-30-27-25-23-20-17-14-11-8-5-2/h27,30,53H,4-26,28-29,31-52H2,1-3H3/b30-27-. The lowest BCUT2D eigenvalue weighted by atomic mass is 10.0. The fraction of sp³-hybridized carbons (Fsp3) is 0.911. The van der Waals surface area contributed by atoms with Gasteiger partial charge in [0.1, 0.15) is 13.2 Å². The molecule has 0 aromatic carbocycles. The Balaban J connectivity index is 4.27. The molecule has 0 rings (SSSR count). The Bertz CT molecular complexity index is 962. The Kier molecular flexibility index (Phi) is 50.2. The number of hydrogen-bond donors (Lipinski definition) is 0. The average Bonchev–Trinajstić information content (AvgIpc) is 3.27. The molecule has 0 aliphatic carbocycles. The van der Waals surface area contributed by atoms with Gasteiger partial charge in [-0.3, -0.25) is 14.4 Å². The normalized spacial score (nSPS) is 12.0. The van der Waals surface area contributed by atoms with Crippen molar-refractivity contribution in [2.75, 3.05) is 13.2 Å². The molecule has 0 amide bonds. The van der Waals surface area contributed by atoms with Crippen LogP contribution in [0.2, 0.25) is 0 Å². The molecular formula is C56H106O6. The fourth-order valence-electron chi connectivity index (χ4n) is 8.32. The van der Waals surface area contributed by atoms with Crippen LogP contribution in [0, 0.1) is 0 Å². The van der Waals surface area contributed by atoms with Crippen LogP contribution in [0.1, 0.15) is 310 Å². The first-order valence-electron chi connectivity index (χ1n) is 27.7. The molecular weight excluding hydrogens is 769 g/mol. The van der Waals surface area contributed by atoms with Crippen molar-refractivity contribution >= 4 is 17.9 Å². The highest BCUT2D eigenvalue weighted by Crippen LogP contribution is 2.17. The van der Waals surface area contributed by atoms with Crippen LogP contribution in [0.25, 0.3) is 0 Å². The number of rotatable bonds is 51. The van der Waals surface area contributed by atoms with E-state index in [0.717, 1.165) is 64.2 Å². The zero-order valence-corrected chi connectivity index (χ0v) is 41.9. The van der Waals surface area contributed by atoms with Gasteiger partial charge in [0, 0.05) is 19.3 Å². The van der Waals surface area contributed by atoms with Gasteiger partial charge in [-0.15, -0.1) is 0 Å². The summed E-state index contributed by atoms with van der Waals surface area (Å²) in [6.45, 7) is 6.66. The number of carbonyl (C=O) groups is 3. The number of carbonyl (C=O) groups excluding carboxylic acids is 3. The predicted molar refractivity (Wildman–Crippen MR) is 266 cm³/mol. The summed E-state index contributed by atoms with van der Waals surface area (Å²) in [5.74, 6) is -0.858. The lowest BCUT2D eigenvalue weighted by Crippen LogP contribution is -2.30. The summed E-state index contributed by atoms with van der Waals surface area (Å²) in [6.07, 6.45) is 57.7. The largest absolute Gasteiger partial charge is 0.462 e. The first-order valence-corrected chi connectivity index (χ1v) is 27.7. The second kappa shape index (κ2) is 51.8. The van der Waals surface area contributed by atoms with Crippen LogP contribution in [0.4, 0.5) is 0 Å².